The van der Waals surface area contributed by atoms with Gasteiger partial charge in [-0.2, -0.15) is 13.2 Å². The van der Waals surface area contributed by atoms with Crippen molar-refractivity contribution in [3.05, 3.63) is 15.9 Å². The van der Waals surface area contributed by atoms with E-state index >= 15 is 0 Å². The lowest BCUT2D eigenvalue weighted by Crippen LogP contribution is -2.34. The average molecular weight is 331 g/mol. The molecule has 3 rings (SSSR count). The fourth-order valence-electron chi connectivity index (χ4n) is 3.63. The minimum Gasteiger partial charge on any atom is -0.311 e. The SMILES string of the molecule is O=C1C[C@@H](C(F)(F)F)c2c(n(C3CCCCCCC3)[nH]c2=O)N1. The maximum atomic E-state index is 13.2. The van der Waals surface area contributed by atoms with Gasteiger partial charge in [-0.1, -0.05) is 32.1 Å². The Kier molecular flexibility index (Phi) is 4.25. The smallest absolute Gasteiger partial charge is 0.311 e. The van der Waals surface area contributed by atoms with Crippen LogP contribution < -0.4 is 10.9 Å². The lowest BCUT2D eigenvalue weighted by molar-refractivity contribution is -0.157. The van der Waals surface area contributed by atoms with E-state index in [2.05, 4.69) is 10.4 Å². The first-order valence-corrected chi connectivity index (χ1v) is 8.09. The van der Waals surface area contributed by atoms with Crippen LogP contribution in [0.15, 0.2) is 4.79 Å². The second-order valence-electron chi connectivity index (χ2n) is 6.42. The van der Waals surface area contributed by atoms with E-state index in [9.17, 15) is 22.8 Å². The Labute approximate surface area is 131 Å². The first kappa shape index (κ1) is 16.1. The molecular weight excluding hydrogens is 311 g/mol. The van der Waals surface area contributed by atoms with Gasteiger partial charge in [0.2, 0.25) is 5.91 Å². The van der Waals surface area contributed by atoms with E-state index in [1.54, 1.807) is 0 Å². The molecular formula is C15H20F3N3O2. The molecule has 1 aromatic heterocycles. The van der Waals surface area contributed by atoms with Gasteiger partial charge in [0.15, 0.2) is 0 Å². The molecule has 1 atom stereocenters. The van der Waals surface area contributed by atoms with E-state index in [0.29, 0.717) is 0 Å². The quantitative estimate of drug-likeness (QED) is 0.828. The summed E-state index contributed by atoms with van der Waals surface area (Å²) in [5.41, 5.74) is -1.09. The van der Waals surface area contributed by atoms with Gasteiger partial charge in [-0.25, -0.2) is 0 Å². The third-order valence-corrected chi connectivity index (χ3v) is 4.79. The topological polar surface area (TPSA) is 66.9 Å². The number of hydrogen-bond acceptors (Lipinski definition) is 2. The third kappa shape index (κ3) is 3.16. The number of anilines is 1. The summed E-state index contributed by atoms with van der Waals surface area (Å²) in [5, 5.41) is 5.02. The fourth-order valence-corrected chi connectivity index (χ4v) is 3.63. The molecule has 2 N–H and O–H groups in total. The van der Waals surface area contributed by atoms with E-state index in [4.69, 9.17) is 0 Å². The Morgan fingerprint density at radius 3 is 2.22 bits per heavy atom. The standard InChI is InChI=1S/C15H20F3N3O2/c16-15(17,18)10-8-11(22)19-13-12(10)14(23)20-21(13)9-6-4-2-1-3-5-7-9/h9-10H,1-8H2,(H,19,22)(H,20,23)/t10-/m1/s1. The van der Waals surface area contributed by atoms with Gasteiger partial charge >= 0.3 is 6.18 Å². The summed E-state index contributed by atoms with van der Waals surface area (Å²) in [6.07, 6.45) is 1.53. The van der Waals surface area contributed by atoms with Gasteiger partial charge in [0.05, 0.1) is 17.5 Å². The van der Waals surface area contributed by atoms with Crippen LogP contribution in [-0.2, 0) is 4.79 Å². The summed E-state index contributed by atoms with van der Waals surface area (Å²) < 4.78 is 41.1. The molecule has 0 saturated heterocycles. The summed E-state index contributed by atoms with van der Waals surface area (Å²) in [7, 11) is 0. The Balaban J connectivity index is 2.01. The highest BCUT2D eigenvalue weighted by molar-refractivity contribution is 5.93. The Morgan fingerprint density at radius 1 is 1.00 bits per heavy atom. The van der Waals surface area contributed by atoms with Gasteiger partial charge in [0.25, 0.3) is 5.56 Å². The number of halogens is 3. The number of nitrogens with zero attached hydrogens (tertiary/aromatic N) is 1. The number of hydrogen-bond donors (Lipinski definition) is 2. The molecule has 1 amide bonds. The van der Waals surface area contributed by atoms with Crippen LogP contribution in [0.4, 0.5) is 19.0 Å². The van der Waals surface area contributed by atoms with Crippen molar-refractivity contribution in [1.82, 2.24) is 9.78 Å². The summed E-state index contributed by atoms with van der Waals surface area (Å²) >= 11 is 0. The highest BCUT2D eigenvalue weighted by Crippen LogP contribution is 2.42. The number of fused-ring (bicyclic) bond motifs is 1. The maximum Gasteiger partial charge on any atom is 0.396 e. The Hall–Kier alpha value is -1.73. The van der Waals surface area contributed by atoms with Crippen LogP contribution in [0.25, 0.3) is 0 Å². The summed E-state index contributed by atoms with van der Waals surface area (Å²) in [5.74, 6) is -2.71. The van der Waals surface area contributed by atoms with E-state index in [0.717, 1.165) is 38.5 Å². The number of nitrogens with one attached hydrogen (secondary N) is 2. The van der Waals surface area contributed by atoms with Crippen LogP contribution in [0.1, 0.15) is 68.9 Å². The van der Waals surface area contributed by atoms with Crippen LogP contribution in [0.3, 0.4) is 0 Å². The average Bonchev–Trinajstić information content (AvgIpc) is 2.73. The monoisotopic (exact) mass is 331 g/mol. The number of H-pyrrole nitrogens is 1. The number of amides is 1. The zero-order valence-electron chi connectivity index (χ0n) is 12.7. The van der Waals surface area contributed by atoms with Crippen LogP contribution in [0, 0.1) is 0 Å². The van der Waals surface area contributed by atoms with Crippen molar-refractivity contribution in [1.29, 1.82) is 0 Å². The molecule has 0 radical (unpaired) electrons. The van der Waals surface area contributed by atoms with E-state index < -0.39 is 30.0 Å². The van der Waals surface area contributed by atoms with Crippen LogP contribution in [0.5, 0.6) is 0 Å². The van der Waals surface area contributed by atoms with Gasteiger partial charge in [-0.3, -0.25) is 19.4 Å². The van der Waals surface area contributed by atoms with E-state index in [1.165, 1.54) is 11.1 Å². The fraction of sp³-hybridized carbons (Fsp3) is 0.733. The molecule has 0 spiro atoms. The Morgan fingerprint density at radius 2 is 1.61 bits per heavy atom. The maximum absolute atomic E-state index is 13.2. The zero-order valence-corrected chi connectivity index (χ0v) is 12.7. The van der Waals surface area contributed by atoms with Crippen LogP contribution in [-0.4, -0.2) is 21.9 Å². The second kappa shape index (κ2) is 6.05. The molecule has 128 valence electrons. The van der Waals surface area contributed by atoms with Gasteiger partial charge in [-0.15, -0.1) is 0 Å². The highest BCUT2D eigenvalue weighted by Gasteiger charge is 2.48. The van der Waals surface area contributed by atoms with Crippen molar-refractivity contribution < 1.29 is 18.0 Å². The lowest BCUT2D eigenvalue weighted by Gasteiger charge is -2.27. The van der Waals surface area contributed by atoms with Crippen molar-refractivity contribution in [3.63, 3.8) is 0 Å². The zero-order chi connectivity index (χ0) is 16.6. The predicted octanol–water partition coefficient (Wildman–Crippen LogP) is 3.45. The molecule has 5 nitrogen and oxygen atoms in total. The van der Waals surface area contributed by atoms with Crippen LogP contribution in [0.2, 0.25) is 0 Å². The molecule has 1 saturated carbocycles. The lowest BCUT2D eigenvalue weighted by atomic mass is 9.93. The molecule has 2 aliphatic rings. The molecule has 1 aliphatic heterocycles. The molecule has 0 bridgehead atoms. The Bertz CT molecular complexity index is 639. The summed E-state index contributed by atoms with van der Waals surface area (Å²) in [4.78, 5) is 23.8. The molecule has 1 aromatic rings. The molecule has 23 heavy (non-hydrogen) atoms. The van der Waals surface area contributed by atoms with Crippen molar-refractivity contribution >= 4 is 11.7 Å². The number of aromatic amines is 1. The number of rotatable bonds is 1. The van der Waals surface area contributed by atoms with Crippen LogP contribution >= 0.6 is 0 Å². The first-order chi connectivity index (χ1) is 10.9. The number of alkyl halides is 3. The van der Waals surface area contributed by atoms with E-state index in [-0.39, 0.29) is 17.4 Å². The van der Waals surface area contributed by atoms with Gasteiger partial charge in [0.1, 0.15) is 5.82 Å². The number of carbonyl (C=O) groups is 1. The van der Waals surface area contributed by atoms with E-state index in [1.807, 2.05) is 0 Å². The molecule has 2 heterocycles. The molecule has 8 heteroatoms. The normalized spacial score (nSPS) is 23.8. The van der Waals surface area contributed by atoms with Crippen molar-refractivity contribution in [2.75, 3.05) is 5.32 Å². The molecule has 0 aromatic carbocycles. The van der Waals surface area contributed by atoms with Gasteiger partial charge < -0.3 is 5.32 Å². The highest BCUT2D eigenvalue weighted by atomic mass is 19.4. The molecule has 1 aliphatic carbocycles. The van der Waals surface area contributed by atoms with Crippen molar-refractivity contribution in [2.45, 2.75) is 69.5 Å². The first-order valence-electron chi connectivity index (χ1n) is 8.09. The molecule has 1 fully saturated rings. The summed E-state index contributed by atoms with van der Waals surface area (Å²) in [6.45, 7) is 0. The van der Waals surface area contributed by atoms with Crippen molar-refractivity contribution in [3.8, 4) is 0 Å². The minimum atomic E-state index is -4.60. The second-order valence-corrected chi connectivity index (χ2v) is 6.42. The minimum absolute atomic E-state index is 0.0131. The summed E-state index contributed by atoms with van der Waals surface area (Å²) in [6, 6.07) is -0.0703. The van der Waals surface area contributed by atoms with Gasteiger partial charge in [-0.05, 0) is 12.8 Å². The number of aromatic nitrogens is 2. The largest absolute Gasteiger partial charge is 0.396 e. The molecule has 0 unspecified atom stereocenters. The third-order valence-electron chi connectivity index (χ3n) is 4.79. The van der Waals surface area contributed by atoms with Gasteiger partial charge in [0, 0.05) is 6.42 Å². The number of carbonyl (C=O) groups excluding carboxylic acids is 1. The van der Waals surface area contributed by atoms with Crippen molar-refractivity contribution in [2.24, 2.45) is 0 Å². The predicted molar refractivity (Wildman–Crippen MR) is 78.5 cm³/mol.